The maximum Gasteiger partial charge on any atom is 0.335 e. The Hall–Kier alpha value is -3.08. The van der Waals surface area contributed by atoms with E-state index in [1.807, 2.05) is 37.3 Å². The van der Waals surface area contributed by atoms with Gasteiger partial charge in [0.05, 0.1) is 17.7 Å². The van der Waals surface area contributed by atoms with Gasteiger partial charge in [-0.3, -0.25) is 4.98 Å². The molecule has 1 aromatic heterocycles. The Morgan fingerprint density at radius 3 is 2.87 bits per heavy atom. The van der Waals surface area contributed by atoms with Gasteiger partial charge in [0.25, 0.3) is 0 Å². The van der Waals surface area contributed by atoms with E-state index >= 15 is 0 Å². The molecule has 0 aliphatic carbocycles. The number of fused-ring (bicyclic) bond motifs is 1. The highest BCUT2D eigenvalue weighted by atomic mass is 16.5. The molecule has 0 spiro atoms. The van der Waals surface area contributed by atoms with Gasteiger partial charge in [-0.15, -0.1) is 0 Å². The van der Waals surface area contributed by atoms with Gasteiger partial charge >= 0.3 is 5.97 Å². The quantitative estimate of drug-likeness (QED) is 0.743. The van der Waals surface area contributed by atoms with E-state index in [9.17, 15) is 4.79 Å². The molecule has 116 valence electrons. The van der Waals surface area contributed by atoms with Crippen LogP contribution >= 0.6 is 0 Å². The molecule has 23 heavy (non-hydrogen) atoms. The van der Waals surface area contributed by atoms with Crippen molar-refractivity contribution < 1.29 is 14.6 Å². The Morgan fingerprint density at radius 2 is 2.09 bits per heavy atom. The summed E-state index contributed by atoms with van der Waals surface area (Å²) in [5.74, 6) is -0.174. The molecule has 0 radical (unpaired) electrons. The Morgan fingerprint density at radius 1 is 1.22 bits per heavy atom. The summed E-state index contributed by atoms with van der Waals surface area (Å²) in [7, 11) is 0. The number of benzene rings is 2. The largest absolute Gasteiger partial charge is 0.494 e. The highest BCUT2D eigenvalue weighted by Crippen LogP contribution is 2.28. The Kier molecular flexibility index (Phi) is 4.10. The second kappa shape index (κ2) is 6.36. The highest BCUT2D eigenvalue weighted by Gasteiger charge is 2.06. The number of hydrogen-bond donors (Lipinski definition) is 2. The lowest BCUT2D eigenvalue weighted by molar-refractivity contribution is 0.0697. The fraction of sp³-hybridized carbons (Fsp3) is 0.111. The van der Waals surface area contributed by atoms with Crippen LogP contribution in [0.15, 0.2) is 54.7 Å². The van der Waals surface area contributed by atoms with E-state index in [0.717, 1.165) is 22.3 Å². The lowest BCUT2D eigenvalue weighted by atomic mass is 10.1. The number of nitrogens with one attached hydrogen (secondary N) is 1. The normalized spacial score (nSPS) is 10.5. The number of hydrogen-bond acceptors (Lipinski definition) is 4. The van der Waals surface area contributed by atoms with E-state index in [4.69, 9.17) is 9.84 Å². The fourth-order valence-electron chi connectivity index (χ4n) is 2.38. The smallest absolute Gasteiger partial charge is 0.335 e. The van der Waals surface area contributed by atoms with Crippen molar-refractivity contribution in [3.05, 3.63) is 60.3 Å². The van der Waals surface area contributed by atoms with Crippen LogP contribution in [0.3, 0.4) is 0 Å². The number of carboxylic acid groups (broad SMARTS) is 1. The first kappa shape index (κ1) is 14.8. The molecule has 2 aromatic carbocycles. The number of aromatic carboxylic acids is 1. The third kappa shape index (κ3) is 3.23. The summed E-state index contributed by atoms with van der Waals surface area (Å²) in [6.45, 7) is 2.54. The number of pyridine rings is 1. The topological polar surface area (TPSA) is 71.5 Å². The number of rotatable bonds is 5. The van der Waals surface area contributed by atoms with Crippen molar-refractivity contribution in [1.29, 1.82) is 0 Å². The number of ether oxygens (including phenoxy) is 1. The third-order valence-corrected chi connectivity index (χ3v) is 3.41. The maximum absolute atomic E-state index is 11.1. The second-order valence-electron chi connectivity index (χ2n) is 4.98. The minimum Gasteiger partial charge on any atom is -0.494 e. The van der Waals surface area contributed by atoms with Crippen LogP contribution in [0.25, 0.3) is 10.9 Å². The van der Waals surface area contributed by atoms with Crippen molar-refractivity contribution in [3.63, 3.8) is 0 Å². The predicted octanol–water partition coefficient (Wildman–Crippen LogP) is 4.08. The number of nitrogens with zero attached hydrogens (tertiary/aromatic N) is 1. The molecular weight excluding hydrogens is 292 g/mol. The van der Waals surface area contributed by atoms with Crippen molar-refractivity contribution in [3.8, 4) is 5.75 Å². The van der Waals surface area contributed by atoms with E-state index in [-0.39, 0.29) is 5.56 Å². The minimum absolute atomic E-state index is 0.243. The van der Waals surface area contributed by atoms with Crippen LogP contribution in [-0.2, 0) is 0 Å². The molecule has 0 aliphatic heterocycles. The molecule has 0 atom stereocenters. The molecule has 3 aromatic rings. The van der Waals surface area contributed by atoms with Crippen LogP contribution in [0.5, 0.6) is 5.75 Å². The van der Waals surface area contributed by atoms with Crippen molar-refractivity contribution >= 4 is 28.2 Å². The summed E-state index contributed by atoms with van der Waals surface area (Å²) in [4.78, 5) is 15.4. The van der Waals surface area contributed by atoms with E-state index in [0.29, 0.717) is 12.3 Å². The molecule has 5 nitrogen and oxygen atoms in total. The molecule has 3 rings (SSSR count). The summed E-state index contributed by atoms with van der Waals surface area (Å²) in [5, 5.41) is 13.3. The second-order valence-corrected chi connectivity index (χ2v) is 4.98. The average molecular weight is 308 g/mol. The zero-order chi connectivity index (χ0) is 16.2. The lowest BCUT2D eigenvalue weighted by Crippen LogP contribution is -1.98. The lowest BCUT2D eigenvalue weighted by Gasteiger charge is -2.11. The first-order chi connectivity index (χ1) is 11.2. The first-order valence-corrected chi connectivity index (χ1v) is 7.29. The highest BCUT2D eigenvalue weighted by molar-refractivity contribution is 5.94. The van der Waals surface area contributed by atoms with E-state index < -0.39 is 5.97 Å². The molecule has 2 N–H and O–H groups in total. The molecule has 0 saturated heterocycles. The average Bonchev–Trinajstić information content (AvgIpc) is 2.55. The van der Waals surface area contributed by atoms with Gasteiger partial charge in [-0.05, 0) is 43.3 Å². The van der Waals surface area contributed by atoms with Crippen molar-refractivity contribution in [1.82, 2.24) is 4.98 Å². The SMILES string of the molecule is CCOc1ccc2c(Nc3cccc(C(=O)O)c3)ccnc2c1. The van der Waals surface area contributed by atoms with Crippen LogP contribution in [-0.4, -0.2) is 22.7 Å². The van der Waals surface area contributed by atoms with Gasteiger partial charge in [-0.1, -0.05) is 6.07 Å². The van der Waals surface area contributed by atoms with Gasteiger partial charge in [0.2, 0.25) is 0 Å². The van der Waals surface area contributed by atoms with Gasteiger partial charge in [0.1, 0.15) is 5.75 Å². The van der Waals surface area contributed by atoms with Gasteiger partial charge in [0.15, 0.2) is 0 Å². The van der Waals surface area contributed by atoms with Gasteiger partial charge in [-0.2, -0.15) is 0 Å². The van der Waals surface area contributed by atoms with Crippen LogP contribution in [0.1, 0.15) is 17.3 Å². The van der Waals surface area contributed by atoms with Crippen molar-refractivity contribution in [2.45, 2.75) is 6.92 Å². The predicted molar refractivity (Wildman–Crippen MR) is 89.6 cm³/mol. The molecule has 0 unspecified atom stereocenters. The van der Waals surface area contributed by atoms with Crippen molar-refractivity contribution in [2.24, 2.45) is 0 Å². The van der Waals surface area contributed by atoms with Crippen LogP contribution in [0.4, 0.5) is 11.4 Å². The Labute approximate surface area is 133 Å². The Balaban J connectivity index is 1.97. The molecule has 0 bridgehead atoms. The molecular formula is C18H16N2O3. The maximum atomic E-state index is 11.1. The van der Waals surface area contributed by atoms with Gasteiger partial charge in [-0.25, -0.2) is 4.79 Å². The Bertz CT molecular complexity index is 862. The zero-order valence-corrected chi connectivity index (χ0v) is 12.6. The summed E-state index contributed by atoms with van der Waals surface area (Å²) >= 11 is 0. The molecule has 1 heterocycles. The summed E-state index contributed by atoms with van der Waals surface area (Å²) in [6.07, 6.45) is 1.71. The van der Waals surface area contributed by atoms with E-state index in [1.165, 1.54) is 0 Å². The van der Waals surface area contributed by atoms with Crippen LogP contribution in [0.2, 0.25) is 0 Å². The van der Waals surface area contributed by atoms with Gasteiger partial charge < -0.3 is 15.2 Å². The monoisotopic (exact) mass is 308 g/mol. The zero-order valence-electron chi connectivity index (χ0n) is 12.6. The molecule has 0 aliphatic rings. The first-order valence-electron chi connectivity index (χ1n) is 7.29. The molecule has 0 saturated carbocycles. The summed E-state index contributed by atoms with van der Waals surface area (Å²) in [6, 6.07) is 14.3. The van der Waals surface area contributed by atoms with Crippen molar-refractivity contribution in [2.75, 3.05) is 11.9 Å². The summed E-state index contributed by atoms with van der Waals surface area (Å²) < 4.78 is 5.49. The number of carbonyl (C=O) groups is 1. The summed E-state index contributed by atoms with van der Waals surface area (Å²) in [5.41, 5.74) is 2.63. The minimum atomic E-state index is -0.949. The molecule has 5 heteroatoms. The van der Waals surface area contributed by atoms with E-state index in [2.05, 4.69) is 10.3 Å². The van der Waals surface area contributed by atoms with E-state index in [1.54, 1.807) is 24.4 Å². The van der Waals surface area contributed by atoms with Crippen LogP contribution < -0.4 is 10.1 Å². The number of anilines is 2. The third-order valence-electron chi connectivity index (χ3n) is 3.41. The molecule has 0 fully saturated rings. The van der Waals surface area contributed by atoms with Gasteiger partial charge in [0, 0.05) is 29.0 Å². The number of aromatic nitrogens is 1. The molecule has 0 amide bonds. The standard InChI is InChI=1S/C18H16N2O3/c1-2-23-14-6-7-15-16(8-9-19-17(15)11-14)20-13-5-3-4-12(10-13)18(21)22/h3-11H,2H2,1H3,(H,19,20)(H,21,22). The van der Waals surface area contributed by atoms with Crippen LogP contribution in [0, 0.1) is 0 Å². The fourth-order valence-corrected chi connectivity index (χ4v) is 2.38. The number of carboxylic acids is 1.